The van der Waals surface area contributed by atoms with Crippen molar-refractivity contribution in [2.24, 2.45) is 0 Å². The average Bonchev–Trinajstić information content (AvgIpc) is 2.58. The molecule has 0 amide bonds. The zero-order chi connectivity index (χ0) is 17.5. The van der Waals surface area contributed by atoms with Gasteiger partial charge in [-0.2, -0.15) is 4.98 Å². The lowest BCUT2D eigenvalue weighted by atomic mass is 10.1. The molecule has 0 saturated carbocycles. The summed E-state index contributed by atoms with van der Waals surface area (Å²) in [5.41, 5.74) is 2.29. The number of nitrogens with one attached hydrogen (secondary N) is 1. The number of hydrogen-bond acceptors (Lipinski definition) is 4. The van der Waals surface area contributed by atoms with Crippen molar-refractivity contribution < 1.29 is 4.74 Å². The Labute approximate surface area is 153 Å². The zero-order valence-electron chi connectivity index (χ0n) is 14.3. The predicted octanol–water partition coefficient (Wildman–Crippen LogP) is 5.62. The molecule has 1 aromatic carbocycles. The van der Waals surface area contributed by atoms with E-state index in [1.807, 2.05) is 6.07 Å². The summed E-state index contributed by atoms with van der Waals surface area (Å²) >= 11 is 12.3. The van der Waals surface area contributed by atoms with Crippen LogP contribution in [0.4, 0.5) is 5.82 Å². The van der Waals surface area contributed by atoms with Gasteiger partial charge in [-0.1, -0.05) is 49.9 Å². The molecule has 0 bridgehead atoms. The molecule has 2 rings (SSSR count). The Morgan fingerprint density at radius 1 is 1.12 bits per heavy atom. The fraction of sp³-hybridized carbons (Fsp3) is 0.444. The minimum atomic E-state index is 0.453. The lowest BCUT2D eigenvalue weighted by Crippen LogP contribution is -2.10. The van der Waals surface area contributed by atoms with Crippen molar-refractivity contribution >= 4 is 29.0 Å². The van der Waals surface area contributed by atoms with Crippen LogP contribution in [0.15, 0.2) is 18.2 Å². The predicted molar refractivity (Wildman–Crippen MR) is 101 cm³/mol. The quantitative estimate of drug-likeness (QED) is 0.614. The number of aromatic nitrogens is 2. The minimum Gasteiger partial charge on any atom is -0.479 e. The average molecular weight is 368 g/mol. The van der Waals surface area contributed by atoms with Gasteiger partial charge < -0.3 is 10.1 Å². The Morgan fingerprint density at radius 3 is 2.54 bits per heavy atom. The molecule has 1 aromatic heterocycles. The van der Waals surface area contributed by atoms with Gasteiger partial charge in [-0.15, -0.1) is 0 Å². The number of anilines is 1. The highest BCUT2D eigenvalue weighted by Gasteiger charge is 2.17. The summed E-state index contributed by atoms with van der Waals surface area (Å²) in [6, 6.07) is 5.32. The summed E-state index contributed by atoms with van der Waals surface area (Å²) in [5, 5.41) is 4.48. The first kappa shape index (κ1) is 18.8. The SMILES string of the molecule is CCCCCNc1nc(OC)c(-c2ccc(Cl)cc2Cl)nc1CC. The van der Waals surface area contributed by atoms with Crippen LogP contribution in [0.1, 0.15) is 38.8 Å². The highest BCUT2D eigenvalue weighted by atomic mass is 35.5. The summed E-state index contributed by atoms with van der Waals surface area (Å²) in [5.74, 6) is 1.23. The van der Waals surface area contributed by atoms with E-state index < -0.39 is 0 Å². The van der Waals surface area contributed by atoms with E-state index in [-0.39, 0.29) is 0 Å². The van der Waals surface area contributed by atoms with Gasteiger partial charge in [0.2, 0.25) is 5.88 Å². The van der Waals surface area contributed by atoms with Crippen LogP contribution < -0.4 is 10.1 Å². The lowest BCUT2D eigenvalue weighted by molar-refractivity contribution is 0.398. The first-order chi connectivity index (χ1) is 11.6. The molecule has 0 atom stereocenters. The Kier molecular flexibility index (Phi) is 7.13. The van der Waals surface area contributed by atoms with Crippen LogP contribution in [-0.2, 0) is 6.42 Å². The number of aryl methyl sites for hydroxylation is 1. The van der Waals surface area contributed by atoms with Crippen molar-refractivity contribution in [1.82, 2.24) is 9.97 Å². The molecule has 4 nitrogen and oxygen atoms in total. The van der Waals surface area contributed by atoms with Crippen molar-refractivity contribution in [3.05, 3.63) is 33.9 Å². The Balaban J connectivity index is 2.38. The van der Waals surface area contributed by atoms with E-state index in [0.717, 1.165) is 36.5 Å². The van der Waals surface area contributed by atoms with E-state index in [1.165, 1.54) is 12.8 Å². The van der Waals surface area contributed by atoms with Crippen LogP contribution in [0, 0.1) is 0 Å². The Hall–Kier alpha value is -1.52. The minimum absolute atomic E-state index is 0.453. The number of unbranched alkanes of at least 4 members (excludes halogenated alkanes) is 2. The number of hydrogen-bond donors (Lipinski definition) is 1. The summed E-state index contributed by atoms with van der Waals surface area (Å²) < 4.78 is 5.45. The molecule has 0 fully saturated rings. The Morgan fingerprint density at radius 2 is 1.92 bits per heavy atom. The molecular weight excluding hydrogens is 345 g/mol. The van der Waals surface area contributed by atoms with Crippen molar-refractivity contribution in [2.75, 3.05) is 19.0 Å². The van der Waals surface area contributed by atoms with Gasteiger partial charge in [0, 0.05) is 17.1 Å². The molecule has 0 saturated heterocycles. The van der Waals surface area contributed by atoms with Crippen molar-refractivity contribution in [2.45, 2.75) is 39.5 Å². The molecule has 0 aliphatic rings. The first-order valence-electron chi connectivity index (χ1n) is 8.24. The van der Waals surface area contributed by atoms with E-state index in [2.05, 4.69) is 24.1 Å². The van der Waals surface area contributed by atoms with Crippen molar-refractivity contribution in [3.8, 4) is 17.1 Å². The molecule has 0 spiro atoms. The molecular formula is C18H23Cl2N3O. The lowest BCUT2D eigenvalue weighted by Gasteiger charge is -2.15. The number of benzene rings is 1. The van der Waals surface area contributed by atoms with Gasteiger partial charge in [0.25, 0.3) is 0 Å². The van der Waals surface area contributed by atoms with Crippen LogP contribution in [-0.4, -0.2) is 23.6 Å². The molecule has 1 heterocycles. The first-order valence-corrected chi connectivity index (χ1v) is 9.00. The maximum Gasteiger partial charge on any atom is 0.242 e. The van der Waals surface area contributed by atoms with E-state index in [1.54, 1.807) is 19.2 Å². The standard InChI is InChI=1S/C18H23Cl2N3O/c1-4-6-7-10-21-17-15(5-2)22-16(18(23-17)24-3)13-9-8-12(19)11-14(13)20/h8-9,11H,4-7,10H2,1-3H3,(H,21,23). The monoisotopic (exact) mass is 367 g/mol. The maximum atomic E-state index is 6.32. The fourth-order valence-electron chi connectivity index (χ4n) is 2.42. The maximum absolute atomic E-state index is 6.32. The van der Waals surface area contributed by atoms with Crippen LogP contribution >= 0.6 is 23.2 Å². The van der Waals surface area contributed by atoms with E-state index >= 15 is 0 Å². The topological polar surface area (TPSA) is 47.0 Å². The van der Waals surface area contributed by atoms with Crippen LogP contribution in [0.25, 0.3) is 11.3 Å². The van der Waals surface area contributed by atoms with E-state index in [9.17, 15) is 0 Å². The van der Waals surface area contributed by atoms with Gasteiger partial charge in [0.1, 0.15) is 5.69 Å². The van der Waals surface area contributed by atoms with Gasteiger partial charge in [-0.25, -0.2) is 4.98 Å². The number of halogens is 2. The highest BCUT2D eigenvalue weighted by Crippen LogP contribution is 2.35. The van der Waals surface area contributed by atoms with Crippen LogP contribution in [0.2, 0.25) is 10.0 Å². The fourth-order valence-corrected chi connectivity index (χ4v) is 2.92. The zero-order valence-corrected chi connectivity index (χ0v) is 15.8. The normalized spacial score (nSPS) is 10.7. The number of ether oxygens (including phenoxy) is 1. The second-order valence-electron chi connectivity index (χ2n) is 5.49. The number of nitrogens with zero attached hydrogens (tertiary/aromatic N) is 2. The van der Waals surface area contributed by atoms with Crippen LogP contribution in [0.5, 0.6) is 5.88 Å². The highest BCUT2D eigenvalue weighted by molar-refractivity contribution is 6.36. The van der Waals surface area contributed by atoms with Crippen molar-refractivity contribution in [3.63, 3.8) is 0 Å². The number of rotatable bonds is 8. The third-order valence-electron chi connectivity index (χ3n) is 3.72. The third kappa shape index (κ3) is 4.52. The van der Waals surface area contributed by atoms with Gasteiger partial charge in [-0.05, 0) is 31.0 Å². The largest absolute Gasteiger partial charge is 0.479 e. The molecule has 2 aromatic rings. The second-order valence-corrected chi connectivity index (χ2v) is 6.33. The molecule has 130 valence electrons. The Bertz CT molecular complexity index is 692. The number of methoxy groups -OCH3 is 1. The summed E-state index contributed by atoms with van der Waals surface area (Å²) in [4.78, 5) is 9.36. The van der Waals surface area contributed by atoms with Gasteiger partial charge in [0.15, 0.2) is 5.82 Å². The summed E-state index contributed by atoms with van der Waals surface area (Å²) in [6.07, 6.45) is 4.25. The molecule has 24 heavy (non-hydrogen) atoms. The molecule has 6 heteroatoms. The summed E-state index contributed by atoms with van der Waals surface area (Å²) in [6.45, 7) is 5.12. The second kappa shape index (κ2) is 9.09. The molecule has 0 unspecified atom stereocenters. The van der Waals surface area contributed by atoms with Gasteiger partial charge in [0.05, 0.1) is 17.8 Å². The molecule has 1 N–H and O–H groups in total. The third-order valence-corrected chi connectivity index (χ3v) is 4.27. The summed E-state index contributed by atoms with van der Waals surface area (Å²) in [7, 11) is 1.59. The smallest absolute Gasteiger partial charge is 0.242 e. The van der Waals surface area contributed by atoms with E-state index in [4.69, 9.17) is 32.9 Å². The van der Waals surface area contributed by atoms with E-state index in [0.29, 0.717) is 21.6 Å². The van der Waals surface area contributed by atoms with Gasteiger partial charge in [-0.3, -0.25) is 0 Å². The molecule has 0 radical (unpaired) electrons. The van der Waals surface area contributed by atoms with Crippen LogP contribution in [0.3, 0.4) is 0 Å². The molecule has 0 aliphatic heterocycles. The van der Waals surface area contributed by atoms with Gasteiger partial charge >= 0.3 is 0 Å². The molecule has 0 aliphatic carbocycles. The van der Waals surface area contributed by atoms with Crippen molar-refractivity contribution in [1.29, 1.82) is 0 Å².